The first kappa shape index (κ1) is 16.9. The number of rotatable bonds is 3. The van der Waals surface area contributed by atoms with Crippen LogP contribution in [0, 0.1) is 13.8 Å². The van der Waals surface area contributed by atoms with E-state index in [1.54, 1.807) is 18.4 Å². The second-order valence-electron chi connectivity index (χ2n) is 5.55. The van der Waals surface area contributed by atoms with Crippen LogP contribution in [0.15, 0.2) is 62.4 Å². The molecule has 24 heavy (non-hydrogen) atoms. The average Bonchev–Trinajstić information content (AvgIpc) is 2.97. The third-order valence-electron chi connectivity index (χ3n) is 3.73. The van der Waals surface area contributed by atoms with E-state index < -0.39 is 0 Å². The molecular formula is C19H18BrN3S. The van der Waals surface area contributed by atoms with Crippen molar-refractivity contribution >= 4 is 33.5 Å². The van der Waals surface area contributed by atoms with E-state index in [1.807, 2.05) is 23.0 Å². The lowest BCUT2D eigenvalue weighted by molar-refractivity contribution is 0.848. The Labute approximate surface area is 154 Å². The van der Waals surface area contributed by atoms with E-state index in [4.69, 9.17) is 5.10 Å². The molecule has 0 unspecified atom stereocenters. The lowest BCUT2D eigenvalue weighted by Gasteiger charge is -2.05. The number of nitrogens with zero attached hydrogens (tertiary/aromatic N) is 3. The Morgan fingerprint density at radius 3 is 2.67 bits per heavy atom. The van der Waals surface area contributed by atoms with Gasteiger partial charge < -0.3 is 0 Å². The van der Waals surface area contributed by atoms with E-state index in [2.05, 4.69) is 70.5 Å². The fraction of sp³-hybridized carbons (Fsp3) is 0.158. The summed E-state index contributed by atoms with van der Waals surface area (Å²) in [6.07, 6.45) is 1.90. The number of hydrogen-bond donors (Lipinski definition) is 0. The molecule has 0 amide bonds. The molecule has 3 aromatic rings. The Morgan fingerprint density at radius 2 is 1.96 bits per heavy atom. The summed E-state index contributed by atoms with van der Waals surface area (Å²) < 4.78 is 2.94. The Balaban J connectivity index is 2.07. The zero-order valence-corrected chi connectivity index (χ0v) is 16.2. The van der Waals surface area contributed by atoms with Gasteiger partial charge in [-0.25, -0.2) is 4.68 Å². The van der Waals surface area contributed by atoms with E-state index in [0.717, 1.165) is 26.1 Å². The predicted molar refractivity (Wildman–Crippen MR) is 106 cm³/mol. The highest BCUT2D eigenvalue weighted by atomic mass is 79.9. The van der Waals surface area contributed by atoms with Crippen molar-refractivity contribution < 1.29 is 0 Å². The maximum Gasteiger partial charge on any atom is 0.205 e. The summed E-state index contributed by atoms with van der Waals surface area (Å²) >= 11 is 5.12. The summed E-state index contributed by atoms with van der Waals surface area (Å²) in [5, 5.41) is 6.78. The third-order valence-corrected chi connectivity index (χ3v) is 5.14. The van der Waals surface area contributed by atoms with Crippen LogP contribution in [-0.4, -0.2) is 17.9 Å². The molecule has 0 fully saturated rings. The normalized spacial score (nSPS) is 12.2. The van der Waals surface area contributed by atoms with Crippen LogP contribution in [0.25, 0.3) is 11.3 Å². The van der Waals surface area contributed by atoms with E-state index in [9.17, 15) is 0 Å². The molecule has 0 N–H and O–H groups in total. The molecule has 0 aliphatic heterocycles. The van der Waals surface area contributed by atoms with Crippen molar-refractivity contribution in [3.8, 4) is 11.3 Å². The molecule has 1 heterocycles. The number of thiazole rings is 1. The van der Waals surface area contributed by atoms with Crippen LogP contribution >= 0.6 is 27.3 Å². The minimum atomic E-state index is 0.867. The van der Waals surface area contributed by atoms with Gasteiger partial charge in [-0.15, -0.1) is 11.3 Å². The number of aryl methyl sites for hydroxylation is 2. The molecule has 2 aromatic carbocycles. The van der Waals surface area contributed by atoms with Crippen LogP contribution in [0.5, 0.6) is 0 Å². The van der Waals surface area contributed by atoms with E-state index in [0.29, 0.717) is 0 Å². The predicted octanol–water partition coefficient (Wildman–Crippen LogP) is 5.01. The molecule has 1 aromatic heterocycles. The fourth-order valence-electron chi connectivity index (χ4n) is 2.50. The fourth-order valence-corrected chi connectivity index (χ4v) is 3.70. The van der Waals surface area contributed by atoms with Crippen molar-refractivity contribution in [3.63, 3.8) is 0 Å². The molecule has 3 rings (SSSR count). The van der Waals surface area contributed by atoms with Crippen LogP contribution < -0.4 is 4.80 Å². The zero-order valence-electron chi connectivity index (χ0n) is 13.8. The molecule has 0 aliphatic carbocycles. The molecular weight excluding hydrogens is 382 g/mol. The molecule has 0 radical (unpaired) electrons. The lowest BCUT2D eigenvalue weighted by atomic mass is 10.1. The summed E-state index contributed by atoms with van der Waals surface area (Å²) in [6.45, 7) is 4.20. The molecule has 0 atom stereocenters. The van der Waals surface area contributed by atoms with Crippen LogP contribution in [0.1, 0.15) is 16.7 Å². The van der Waals surface area contributed by atoms with Gasteiger partial charge in [0.2, 0.25) is 4.80 Å². The van der Waals surface area contributed by atoms with E-state index >= 15 is 0 Å². The molecule has 0 bridgehead atoms. The average molecular weight is 400 g/mol. The van der Waals surface area contributed by atoms with E-state index in [-0.39, 0.29) is 0 Å². The molecule has 5 heteroatoms. The smallest absolute Gasteiger partial charge is 0.205 e. The molecule has 0 saturated carbocycles. The van der Waals surface area contributed by atoms with E-state index in [1.165, 1.54) is 11.1 Å². The third kappa shape index (κ3) is 3.57. The van der Waals surface area contributed by atoms with Crippen LogP contribution in [0.3, 0.4) is 0 Å². The second kappa shape index (κ2) is 7.28. The lowest BCUT2D eigenvalue weighted by Crippen LogP contribution is -2.11. The first-order valence-electron chi connectivity index (χ1n) is 7.59. The highest BCUT2D eigenvalue weighted by Gasteiger charge is 2.07. The molecule has 3 nitrogen and oxygen atoms in total. The minimum absolute atomic E-state index is 0.867. The SMILES string of the molecule is CN=c1scc(-c2cccc(Br)c2)n1N=Cc1ccc(C)cc1C. The minimum Gasteiger partial charge on any atom is -0.261 e. The summed E-state index contributed by atoms with van der Waals surface area (Å²) in [6, 6.07) is 14.6. The number of aromatic nitrogens is 1. The highest BCUT2D eigenvalue weighted by Crippen LogP contribution is 2.23. The van der Waals surface area contributed by atoms with Crippen molar-refractivity contribution in [2.24, 2.45) is 10.1 Å². The summed E-state index contributed by atoms with van der Waals surface area (Å²) in [5.41, 5.74) is 5.72. The number of halogens is 1. The zero-order chi connectivity index (χ0) is 17.1. The summed E-state index contributed by atoms with van der Waals surface area (Å²) in [5.74, 6) is 0. The van der Waals surface area contributed by atoms with Gasteiger partial charge in [-0.3, -0.25) is 4.99 Å². The van der Waals surface area contributed by atoms with Crippen molar-refractivity contribution in [2.45, 2.75) is 13.8 Å². The second-order valence-corrected chi connectivity index (χ2v) is 7.31. The van der Waals surface area contributed by atoms with Crippen LogP contribution in [-0.2, 0) is 0 Å². The Bertz CT molecular complexity index is 967. The standard InChI is InChI=1S/C19H18BrN3S/c1-13-7-8-16(14(2)9-13)11-22-23-18(12-24-19(23)21-3)15-5-4-6-17(20)10-15/h4-12H,1-3H3. The van der Waals surface area contributed by atoms with Gasteiger partial charge in [-0.05, 0) is 37.1 Å². The number of hydrogen-bond acceptors (Lipinski definition) is 3. The first-order valence-corrected chi connectivity index (χ1v) is 9.26. The van der Waals surface area contributed by atoms with Gasteiger partial charge >= 0.3 is 0 Å². The molecule has 0 spiro atoms. The topological polar surface area (TPSA) is 29.6 Å². The largest absolute Gasteiger partial charge is 0.261 e. The van der Waals surface area contributed by atoms with Gasteiger partial charge in [0.05, 0.1) is 11.9 Å². The van der Waals surface area contributed by atoms with Crippen molar-refractivity contribution in [2.75, 3.05) is 7.05 Å². The molecule has 0 aliphatic rings. The van der Waals surface area contributed by atoms with Crippen molar-refractivity contribution in [1.29, 1.82) is 0 Å². The molecule has 122 valence electrons. The summed E-state index contributed by atoms with van der Waals surface area (Å²) in [4.78, 5) is 5.21. The Hall–Kier alpha value is -1.98. The van der Waals surface area contributed by atoms with Gasteiger partial charge in [0, 0.05) is 22.5 Å². The first-order chi connectivity index (χ1) is 11.6. The Morgan fingerprint density at radius 1 is 1.12 bits per heavy atom. The van der Waals surface area contributed by atoms with Crippen molar-refractivity contribution in [1.82, 2.24) is 4.68 Å². The quantitative estimate of drug-likeness (QED) is 0.554. The monoisotopic (exact) mass is 399 g/mol. The van der Waals surface area contributed by atoms with Crippen LogP contribution in [0.2, 0.25) is 0 Å². The highest BCUT2D eigenvalue weighted by molar-refractivity contribution is 9.10. The van der Waals surface area contributed by atoms with Crippen molar-refractivity contribution in [3.05, 3.63) is 73.8 Å². The van der Waals surface area contributed by atoms with Gasteiger partial charge in [0.25, 0.3) is 0 Å². The number of benzene rings is 2. The van der Waals surface area contributed by atoms with Gasteiger partial charge in [-0.2, -0.15) is 5.10 Å². The van der Waals surface area contributed by atoms with Gasteiger partial charge in [0.15, 0.2) is 0 Å². The summed E-state index contributed by atoms with van der Waals surface area (Å²) in [7, 11) is 1.79. The Kier molecular flexibility index (Phi) is 5.11. The maximum absolute atomic E-state index is 4.70. The van der Waals surface area contributed by atoms with Gasteiger partial charge in [0.1, 0.15) is 0 Å². The molecule has 0 saturated heterocycles. The maximum atomic E-state index is 4.70. The van der Waals surface area contributed by atoms with Gasteiger partial charge in [-0.1, -0.05) is 51.8 Å². The van der Waals surface area contributed by atoms with Crippen LogP contribution in [0.4, 0.5) is 0 Å².